The van der Waals surface area contributed by atoms with Crippen LogP contribution in [0.15, 0.2) is 388 Å². The number of aromatic nitrogens is 9. The number of nitrogens with zero attached hydrogens (tertiary/aromatic N) is 12. The van der Waals surface area contributed by atoms with E-state index >= 15 is 0 Å². The number of benzene rings is 19. The van der Waals surface area contributed by atoms with Gasteiger partial charge in [-0.25, -0.2) is 4.85 Å². The third-order valence-electron chi connectivity index (χ3n) is 28.1. The molecule has 0 N–H and O–H groups in total. The van der Waals surface area contributed by atoms with Gasteiger partial charge >= 0.3 is 0 Å². The molecule has 12 nitrogen and oxygen atoms in total. The maximum Gasteiger partial charge on any atom is 0.238 e. The standard InChI is InChI=1S/C117H64N12/c1-120-106-116(127-98-62-30-14-46-80(98)81-47-15-31-63-99(81)127)114(126-96-60-28-12-44-78(96)79-45-13-29-61-97(79)126)105-103-108(122-88-52-20-4-36-70(88)71-37-5-21-53-89(71)122)84(66-118)107(121-86-50-18-2-34-68(86)69-35-3-19-51-87(69)121)102-104-112(125-94-58-26-10-42-76(94)77-43-11-27-59-95(77)125)109(123-90-54-22-6-38-72(90)73-39-7-23-55-91(73)123)85(67-119)110(124-92-56-24-8-40-74(92)75-41-9-25-57-93(75)124)113(104)129(111(102)103)115(105)117(106)128-100-64-32-16-48-82(100)83-49-17-33-65-101(83)128/h2-65H. The van der Waals surface area contributed by atoms with Crippen molar-refractivity contribution in [1.29, 1.82) is 10.5 Å². The van der Waals surface area contributed by atoms with E-state index in [1.165, 1.54) is 0 Å². The molecule has 0 amide bonds. The fourth-order valence-electron chi connectivity index (χ4n) is 23.4. The van der Waals surface area contributed by atoms with E-state index < -0.39 is 0 Å². The van der Waals surface area contributed by atoms with E-state index in [0.717, 1.165) is 202 Å². The Morgan fingerprint density at radius 2 is 0.326 bits per heavy atom. The van der Waals surface area contributed by atoms with Crippen LogP contribution >= 0.6 is 0 Å². The third-order valence-corrected chi connectivity index (χ3v) is 28.1. The molecule has 0 radical (unpaired) electrons. The van der Waals surface area contributed by atoms with Crippen molar-refractivity contribution < 1.29 is 0 Å². The van der Waals surface area contributed by atoms with Crippen LogP contribution < -0.4 is 0 Å². The molecule has 29 rings (SSSR count). The number of nitriles is 2. The van der Waals surface area contributed by atoms with Crippen LogP contribution in [0.4, 0.5) is 5.69 Å². The molecular formula is C117H64N12. The molecule has 0 bridgehead atoms. The van der Waals surface area contributed by atoms with Crippen molar-refractivity contribution >= 4 is 218 Å². The zero-order valence-electron chi connectivity index (χ0n) is 68.8. The van der Waals surface area contributed by atoms with Crippen LogP contribution in [0.1, 0.15) is 11.1 Å². The Kier molecular flexibility index (Phi) is 13.7. The lowest BCUT2D eigenvalue weighted by Crippen LogP contribution is -2.12. The molecule has 0 aliphatic carbocycles. The van der Waals surface area contributed by atoms with Gasteiger partial charge in [0.1, 0.15) is 23.3 Å². The van der Waals surface area contributed by atoms with Crippen molar-refractivity contribution in [3.63, 3.8) is 0 Å². The molecule has 0 spiro atoms. The van der Waals surface area contributed by atoms with Gasteiger partial charge in [-0.05, 0) is 97.1 Å². The summed E-state index contributed by atoms with van der Waals surface area (Å²) in [6, 6.07) is 146. The van der Waals surface area contributed by atoms with Crippen molar-refractivity contribution in [2.45, 2.75) is 0 Å². The molecule has 0 atom stereocenters. The summed E-state index contributed by atoms with van der Waals surface area (Å²) in [4.78, 5) is 5.40. The Balaban J connectivity index is 1.05. The van der Waals surface area contributed by atoms with Crippen LogP contribution in [0.25, 0.3) is 263 Å². The topological polar surface area (TPSA) is 95.8 Å². The van der Waals surface area contributed by atoms with E-state index in [2.05, 4.69) is 441 Å². The van der Waals surface area contributed by atoms with Crippen molar-refractivity contribution in [1.82, 2.24) is 40.9 Å². The molecule has 0 unspecified atom stereocenters. The molecule has 29 aromatic rings. The van der Waals surface area contributed by atoms with Crippen molar-refractivity contribution in [2.75, 3.05) is 0 Å². The fourth-order valence-corrected chi connectivity index (χ4v) is 23.4. The molecule has 10 aromatic heterocycles. The summed E-state index contributed by atoms with van der Waals surface area (Å²) in [5.41, 5.74) is 22.5. The molecule has 10 heterocycles. The van der Waals surface area contributed by atoms with Crippen LogP contribution in [0.5, 0.6) is 0 Å². The summed E-state index contributed by atoms with van der Waals surface area (Å²) in [7, 11) is 0. The second-order valence-electron chi connectivity index (χ2n) is 34.1. The van der Waals surface area contributed by atoms with Gasteiger partial charge in [0, 0.05) is 108 Å². The summed E-state index contributed by atoms with van der Waals surface area (Å²) in [5.74, 6) is 0. The fraction of sp³-hybridized carbons (Fsp3) is 0. The molecule has 0 saturated heterocycles. The maximum absolute atomic E-state index is 14.4. The number of fused-ring (bicyclic) bond motifs is 30. The first-order chi connectivity index (χ1) is 64.1. The van der Waals surface area contributed by atoms with Crippen LogP contribution in [0.2, 0.25) is 0 Å². The van der Waals surface area contributed by atoms with Crippen LogP contribution in [0, 0.1) is 29.2 Å². The van der Waals surface area contributed by atoms with Crippen molar-refractivity contribution in [3.8, 4) is 57.6 Å². The Morgan fingerprint density at radius 3 is 0.543 bits per heavy atom. The molecule has 592 valence electrons. The quantitative estimate of drug-likeness (QED) is 0.142. The molecule has 0 saturated carbocycles. The highest BCUT2D eigenvalue weighted by atomic mass is 15.2. The van der Waals surface area contributed by atoms with Gasteiger partial charge < -0.3 is 40.9 Å². The smallest absolute Gasteiger partial charge is 0.238 e. The first-order valence-electron chi connectivity index (χ1n) is 43.7. The normalized spacial score (nSPS) is 12.3. The van der Waals surface area contributed by atoms with Gasteiger partial charge in [-0.1, -0.05) is 291 Å². The van der Waals surface area contributed by atoms with E-state index in [1.54, 1.807) is 0 Å². The maximum atomic E-state index is 14.4. The number of rotatable bonds is 8. The van der Waals surface area contributed by atoms with E-state index in [-0.39, 0.29) is 0 Å². The molecule has 129 heavy (non-hydrogen) atoms. The zero-order chi connectivity index (χ0) is 84.4. The monoisotopic (exact) mass is 1640 g/mol. The summed E-state index contributed by atoms with van der Waals surface area (Å²) in [5, 5.41) is 47.8. The Hall–Kier alpha value is -18.2. The molecule has 0 aliphatic heterocycles. The Bertz CT molecular complexity index is 9300. The van der Waals surface area contributed by atoms with Gasteiger partial charge in [0.05, 0.1) is 157 Å². The lowest BCUT2D eigenvalue weighted by molar-refractivity contribution is 1.08. The molecule has 19 aromatic carbocycles. The van der Waals surface area contributed by atoms with Crippen molar-refractivity contribution in [3.05, 3.63) is 411 Å². The minimum Gasteiger partial charge on any atom is -0.317 e. The van der Waals surface area contributed by atoms with Crippen LogP contribution in [-0.4, -0.2) is 40.9 Å². The van der Waals surface area contributed by atoms with Crippen LogP contribution in [0.3, 0.4) is 0 Å². The highest BCUT2D eigenvalue weighted by Gasteiger charge is 2.43. The molecule has 0 fully saturated rings. The van der Waals surface area contributed by atoms with Gasteiger partial charge in [0.2, 0.25) is 5.69 Å². The predicted molar refractivity (Wildman–Crippen MR) is 532 cm³/mol. The third kappa shape index (κ3) is 8.67. The SMILES string of the molecule is [C-]#[N+]c1c(-n2c3ccccc3c3ccccc32)c(-n2c3ccccc3c3ccccc32)c2c3c(-n4c5ccccc5c5ccccc54)c(C#N)c(-n4c5ccccc5c5ccccc54)c4c5c(-n6c7ccccc7c7ccccc76)c(-n6c7ccccc7c7ccccc76)c(C#N)c(-n6c7ccccc7c7ccccc76)c5n(c2c1-n1c2ccccc2c2ccccc21)c43. The average molecular weight is 1640 g/mol. The highest BCUT2D eigenvalue weighted by molar-refractivity contribution is 6.38. The molecule has 0 aliphatic rings. The number of hydrogen-bond acceptors (Lipinski definition) is 2. The Morgan fingerprint density at radius 1 is 0.171 bits per heavy atom. The van der Waals surface area contributed by atoms with Crippen molar-refractivity contribution in [2.24, 2.45) is 0 Å². The lowest BCUT2D eigenvalue weighted by atomic mass is 9.94. The summed E-state index contributed by atoms with van der Waals surface area (Å²) in [6.45, 7) is 11.1. The summed E-state index contributed by atoms with van der Waals surface area (Å²) in [6.07, 6.45) is 0. The minimum absolute atomic E-state index is 0.358. The Labute approximate surface area is 733 Å². The van der Waals surface area contributed by atoms with E-state index in [4.69, 9.17) is 4.85 Å². The highest BCUT2D eigenvalue weighted by Crippen LogP contribution is 2.61. The summed E-state index contributed by atoms with van der Waals surface area (Å²) >= 11 is 0. The zero-order valence-corrected chi connectivity index (χ0v) is 68.8. The first-order valence-corrected chi connectivity index (χ1v) is 43.7. The second kappa shape index (κ2) is 25.5. The van der Waals surface area contributed by atoms with Gasteiger partial charge in [0.25, 0.3) is 0 Å². The van der Waals surface area contributed by atoms with E-state index in [9.17, 15) is 17.1 Å². The van der Waals surface area contributed by atoms with E-state index in [1.807, 2.05) is 0 Å². The van der Waals surface area contributed by atoms with Crippen LogP contribution in [-0.2, 0) is 0 Å². The average Bonchev–Trinajstić information content (AvgIpc) is 1.47. The van der Waals surface area contributed by atoms with Gasteiger partial charge in [0.15, 0.2) is 0 Å². The second-order valence-corrected chi connectivity index (χ2v) is 34.1. The lowest BCUT2D eigenvalue weighted by Gasteiger charge is -2.26. The largest absolute Gasteiger partial charge is 0.317 e. The van der Waals surface area contributed by atoms with Gasteiger partial charge in [-0.15, -0.1) is 0 Å². The first kappa shape index (κ1) is 69.4. The predicted octanol–water partition coefficient (Wildman–Crippen LogP) is 29.9. The van der Waals surface area contributed by atoms with Gasteiger partial charge in [-0.2, -0.15) is 10.5 Å². The molecular weight excluding hydrogens is 1570 g/mol. The minimum atomic E-state index is 0.358. The molecule has 12 heteroatoms. The summed E-state index contributed by atoms with van der Waals surface area (Å²) < 4.78 is 21.9. The number of para-hydroxylation sites is 16. The van der Waals surface area contributed by atoms with Gasteiger partial charge in [-0.3, -0.25) is 0 Å². The number of hydrogen-bond donors (Lipinski definition) is 0. The van der Waals surface area contributed by atoms with E-state index in [0.29, 0.717) is 73.3 Å².